The Morgan fingerprint density at radius 2 is 2.20 bits per heavy atom. The molecular formula is C17H19N5O2S. The number of carbonyl (C=O) groups is 1. The van der Waals surface area contributed by atoms with Crippen LogP contribution in [0.3, 0.4) is 0 Å². The SMILES string of the molecule is Cc1cnc(C(=O)Cc2c[nH]c(=O)c([C@]3(C)CCSC(N)=N3)c2)cn1. The molecule has 0 radical (unpaired) electrons. The van der Waals surface area contributed by atoms with Crippen molar-refractivity contribution in [3.63, 3.8) is 0 Å². The molecule has 130 valence electrons. The summed E-state index contributed by atoms with van der Waals surface area (Å²) >= 11 is 1.48. The zero-order valence-electron chi connectivity index (χ0n) is 14.1. The average Bonchev–Trinajstić information content (AvgIpc) is 2.57. The predicted molar refractivity (Wildman–Crippen MR) is 97.9 cm³/mol. The van der Waals surface area contributed by atoms with Gasteiger partial charge in [-0.25, -0.2) is 4.98 Å². The van der Waals surface area contributed by atoms with Crippen molar-refractivity contribution in [3.05, 3.63) is 57.5 Å². The minimum atomic E-state index is -0.675. The van der Waals surface area contributed by atoms with Gasteiger partial charge in [0, 0.05) is 30.1 Å². The summed E-state index contributed by atoms with van der Waals surface area (Å²) in [7, 11) is 0. The van der Waals surface area contributed by atoms with Crippen LogP contribution in [-0.4, -0.2) is 31.7 Å². The standard InChI is InChI=1S/C17H19N5O2S/c1-10-7-20-13(9-19-10)14(23)6-11-5-12(15(24)21-8-11)17(2)3-4-25-16(18)22-17/h5,7-9H,3-4,6H2,1-2H3,(H2,18,22)(H,21,24)/t17-/m0/s1. The fourth-order valence-electron chi connectivity index (χ4n) is 2.72. The lowest BCUT2D eigenvalue weighted by atomic mass is 9.89. The number of thioether (sulfide) groups is 1. The summed E-state index contributed by atoms with van der Waals surface area (Å²) in [4.78, 5) is 40.0. The normalized spacial score (nSPS) is 20.2. The molecule has 0 saturated heterocycles. The van der Waals surface area contributed by atoms with E-state index in [9.17, 15) is 9.59 Å². The fourth-order valence-corrected chi connectivity index (χ4v) is 3.70. The van der Waals surface area contributed by atoms with Gasteiger partial charge in [-0.2, -0.15) is 0 Å². The van der Waals surface area contributed by atoms with Crippen LogP contribution in [0.4, 0.5) is 0 Å². The van der Waals surface area contributed by atoms with Crippen LogP contribution in [-0.2, 0) is 12.0 Å². The lowest BCUT2D eigenvalue weighted by molar-refractivity contribution is 0.0987. The molecule has 25 heavy (non-hydrogen) atoms. The summed E-state index contributed by atoms with van der Waals surface area (Å²) in [6.07, 6.45) is 5.42. The van der Waals surface area contributed by atoms with E-state index < -0.39 is 5.54 Å². The summed E-state index contributed by atoms with van der Waals surface area (Å²) in [6, 6.07) is 1.74. The second-order valence-corrected chi connectivity index (χ2v) is 7.33. The number of amidine groups is 1. The van der Waals surface area contributed by atoms with Gasteiger partial charge < -0.3 is 10.7 Å². The maximum absolute atomic E-state index is 12.4. The van der Waals surface area contributed by atoms with E-state index in [2.05, 4.69) is 19.9 Å². The third kappa shape index (κ3) is 3.79. The van der Waals surface area contributed by atoms with Crippen molar-refractivity contribution in [2.24, 2.45) is 10.7 Å². The van der Waals surface area contributed by atoms with Gasteiger partial charge >= 0.3 is 0 Å². The zero-order valence-corrected chi connectivity index (χ0v) is 14.9. The Kier molecular flexibility index (Phi) is 4.71. The van der Waals surface area contributed by atoms with Gasteiger partial charge in [0.25, 0.3) is 5.56 Å². The third-order valence-corrected chi connectivity index (χ3v) is 4.97. The van der Waals surface area contributed by atoms with E-state index in [1.807, 2.05) is 13.8 Å². The molecule has 2 aromatic rings. The number of aliphatic imine (C=N–C) groups is 1. The van der Waals surface area contributed by atoms with E-state index in [0.29, 0.717) is 28.4 Å². The Balaban J connectivity index is 1.89. The minimum absolute atomic E-state index is 0.131. The minimum Gasteiger partial charge on any atom is -0.379 e. The van der Waals surface area contributed by atoms with Gasteiger partial charge in [-0.05, 0) is 31.9 Å². The number of nitrogens with zero attached hydrogens (tertiary/aromatic N) is 3. The molecule has 1 atom stereocenters. The van der Waals surface area contributed by atoms with E-state index in [4.69, 9.17) is 5.73 Å². The number of carbonyl (C=O) groups excluding carboxylic acids is 1. The van der Waals surface area contributed by atoms with E-state index in [0.717, 1.165) is 11.4 Å². The van der Waals surface area contributed by atoms with Crippen LogP contribution in [0.15, 0.2) is 34.4 Å². The van der Waals surface area contributed by atoms with Crippen LogP contribution in [0.1, 0.15) is 40.7 Å². The molecular weight excluding hydrogens is 338 g/mol. The quantitative estimate of drug-likeness (QED) is 0.803. The first kappa shape index (κ1) is 17.3. The first-order chi connectivity index (χ1) is 11.9. The summed E-state index contributed by atoms with van der Waals surface area (Å²) in [5, 5.41) is 0.476. The van der Waals surface area contributed by atoms with Crippen molar-refractivity contribution < 1.29 is 4.79 Å². The Labute approximate surface area is 149 Å². The number of hydrogen-bond acceptors (Lipinski definition) is 7. The predicted octanol–water partition coefficient (Wildman–Crippen LogP) is 1.57. The molecule has 7 nitrogen and oxygen atoms in total. The molecule has 8 heteroatoms. The second kappa shape index (κ2) is 6.79. The van der Waals surface area contributed by atoms with Crippen LogP contribution in [0.2, 0.25) is 0 Å². The van der Waals surface area contributed by atoms with E-state index in [1.165, 1.54) is 18.0 Å². The number of pyridine rings is 1. The summed E-state index contributed by atoms with van der Waals surface area (Å²) in [5.74, 6) is 0.644. The van der Waals surface area contributed by atoms with Crippen LogP contribution in [0, 0.1) is 6.92 Å². The van der Waals surface area contributed by atoms with Crippen LogP contribution in [0.5, 0.6) is 0 Å². The van der Waals surface area contributed by atoms with Gasteiger partial charge in [0.1, 0.15) is 5.69 Å². The Bertz CT molecular complexity index is 891. The molecule has 0 spiro atoms. The lowest BCUT2D eigenvalue weighted by Crippen LogP contribution is -2.34. The van der Waals surface area contributed by atoms with Gasteiger partial charge in [-0.1, -0.05) is 11.8 Å². The van der Waals surface area contributed by atoms with Crippen LogP contribution in [0.25, 0.3) is 0 Å². The molecule has 1 aliphatic heterocycles. The van der Waals surface area contributed by atoms with Gasteiger partial charge in [-0.3, -0.25) is 19.6 Å². The summed E-state index contributed by atoms with van der Waals surface area (Å²) in [6.45, 7) is 3.70. The second-order valence-electron chi connectivity index (χ2n) is 6.22. The Morgan fingerprint density at radius 3 is 2.88 bits per heavy atom. The topological polar surface area (TPSA) is 114 Å². The molecule has 0 aliphatic carbocycles. The number of hydrogen-bond donors (Lipinski definition) is 2. The molecule has 0 bridgehead atoms. The molecule has 0 unspecified atom stereocenters. The molecule has 1 aliphatic rings. The molecule has 3 rings (SSSR count). The van der Waals surface area contributed by atoms with Gasteiger partial charge in [0.2, 0.25) is 0 Å². The molecule has 0 aromatic carbocycles. The Hall–Kier alpha value is -2.48. The van der Waals surface area contributed by atoms with Crippen LogP contribution >= 0.6 is 11.8 Å². The number of Topliss-reactive ketones (excluding diaryl/α,β-unsaturated/α-hetero) is 1. The highest BCUT2D eigenvalue weighted by Crippen LogP contribution is 2.33. The van der Waals surface area contributed by atoms with Gasteiger partial charge in [-0.15, -0.1) is 0 Å². The van der Waals surface area contributed by atoms with Crippen LogP contribution < -0.4 is 11.3 Å². The first-order valence-corrected chi connectivity index (χ1v) is 8.88. The monoisotopic (exact) mass is 357 g/mol. The highest BCUT2D eigenvalue weighted by molar-refractivity contribution is 8.13. The van der Waals surface area contributed by atoms with Gasteiger partial charge in [0.05, 0.1) is 17.4 Å². The summed E-state index contributed by atoms with van der Waals surface area (Å²) in [5.41, 5.74) is 7.24. The van der Waals surface area contributed by atoms with Gasteiger partial charge in [0.15, 0.2) is 11.0 Å². The third-order valence-electron chi connectivity index (χ3n) is 4.17. The van der Waals surface area contributed by atoms with E-state index in [-0.39, 0.29) is 17.8 Å². The van der Waals surface area contributed by atoms with Crippen molar-refractivity contribution in [3.8, 4) is 0 Å². The zero-order chi connectivity index (χ0) is 18.0. The highest BCUT2D eigenvalue weighted by Gasteiger charge is 2.32. The number of nitrogens with two attached hydrogens (primary N) is 1. The molecule has 2 aromatic heterocycles. The highest BCUT2D eigenvalue weighted by atomic mass is 32.2. The molecule has 3 N–H and O–H groups in total. The largest absolute Gasteiger partial charge is 0.379 e. The van der Waals surface area contributed by atoms with Crippen molar-refractivity contribution in [1.29, 1.82) is 0 Å². The number of rotatable bonds is 4. The van der Waals surface area contributed by atoms with Crippen molar-refractivity contribution in [2.45, 2.75) is 32.2 Å². The number of aromatic nitrogens is 3. The van der Waals surface area contributed by atoms with Crippen molar-refractivity contribution in [2.75, 3.05) is 5.75 Å². The molecule has 0 fully saturated rings. The number of aromatic amines is 1. The molecule has 3 heterocycles. The Morgan fingerprint density at radius 1 is 1.40 bits per heavy atom. The number of H-pyrrole nitrogens is 1. The lowest BCUT2D eigenvalue weighted by Gasteiger charge is -2.29. The average molecular weight is 357 g/mol. The molecule has 0 amide bonds. The number of ketones is 1. The fraction of sp³-hybridized carbons (Fsp3) is 0.353. The van der Waals surface area contributed by atoms with Crippen molar-refractivity contribution in [1.82, 2.24) is 15.0 Å². The van der Waals surface area contributed by atoms with Crippen molar-refractivity contribution >= 4 is 22.7 Å². The first-order valence-electron chi connectivity index (χ1n) is 7.89. The maximum Gasteiger partial charge on any atom is 0.253 e. The summed E-state index contributed by atoms with van der Waals surface area (Å²) < 4.78 is 0. The molecule has 0 saturated carbocycles. The number of nitrogens with one attached hydrogen (secondary N) is 1. The van der Waals surface area contributed by atoms with E-state index >= 15 is 0 Å². The maximum atomic E-state index is 12.4. The number of aryl methyl sites for hydroxylation is 1. The van der Waals surface area contributed by atoms with E-state index in [1.54, 1.807) is 18.5 Å². The smallest absolute Gasteiger partial charge is 0.253 e.